The Hall–Kier alpha value is -4.32. The minimum atomic E-state index is -3.92. The number of aryl methyl sites for hydroxylation is 1. The van der Waals surface area contributed by atoms with Gasteiger partial charge in [0.25, 0.3) is 0 Å². The summed E-state index contributed by atoms with van der Waals surface area (Å²) in [5, 5.41) is 5.01. The normalized spacial score (nSPS) is 28.5. The molecule has 3 heterocycles. The molecule has 1 saturated heterocycles. The largest absolute Gasteiger partial charge is 0.472 e. The van der Waals surface area contributed by atoms with Crippen molar-refractivity contribution in [2.24, 2.45) is 11.3 Å². The highest BCUT2D eigenvalue weighted by atomic mass is 32.2. The molecule has 3 fully saturated rings. The lowest BCUT2D eigenvalue weighted by Crippen LogP contribution is -2.49. The van der Waals surface area contributed by atoms with E-state index < -0.39 is 50.1 Å². The summed E-state index contributed by atoms with van der Waals surface area (Å²) in [6, 6.07) is 12.4. The van der Waals surface area contributed by atoms with Crippen LogP contribution >= 0.6 is 0 Å². The second-order valence-corrected chi connectivity index (χ2v) is 17.3. The van der Waals surface area contributed by atoms with Gasteiger partial charge in [-0.25, -0.2) is 17.8 Å². The van der Waals surface area contributed by atoms with Gasteiger partial charge in [0, 0.05) is 30.1 Å². The maximum atomic E-state index is 14.6. The molecule has 0 spiro atoms. The molecule has 2 amide bonds. The summed E-state index contributed by atoms with van der Waals surface area (Å²) in [4.78, 5) is 48.9. The van der Waals surface area contributed by atoms with Gasteiger partial charge in [-0.1, -0.05) is 43.2 Å². The van der Waals surface area contributed by atoms with Crippen molar-refractivity contribution in [2.75, 3.05) is 11.9 Å². The third-order valence-corrected chi connectivity index (χ3v) is 13.3. The Bertz CT molecular complexity index is 1970. The van der Waals surface area contributed by atoms with Crippen molar-refractivity contribution in [3.63, 3.8) is 0 Å². The number of Topliss-reactive ketones (excluding diaryl/α,β-unsaturated/α-hetero) is 1. The Morgan fingerprint density at radius 3 is 2.67 bits per heavy atom. The molecule has 5 atom stereocenters. The second-order valence-electron chi connectivity index (χ2n) is 15.1. The third-order valence-electron chi connectivity index (χ3n) is 11.2. The van der Waals surface area contributed by atoms with Crippen molar-refractivity contribution in [3.05, 3.63) is 78.3 Å². The van der Waals surface area contributed by atoms with Crippen molar-refractivity contribution in [3.8, 4) is 5.88 Å². The molecule has 4 aliphatic rings. The minimum absolute atomic E-state index is 0.107. The van der Waals surface area contributed by atoms with Crippen molar-refractivity contribution in [2.45, 2.75) is 101 Å². The van der Waals surface area contributed by atoms with E-state index in [4.69, 9.17) is 4.74 Å². The van der Waals surface area contributed by atoms with Crippen LogP contribution in [-0.2, 0) is 24.4 Å². The number of pyridine rings is 1. The van der Waals surface area contributed by atoms with Crippen LogP contribution in [0.1, 0.15) is 76.7 Å². The molecule has 0 radical (unpaired) electrons. The molecule has 2 aliphatic carbocycles. The maximum Gasteiger partial charge on any atom is 0.245 e. The quantitative estimate of drug-likeness (QED) is 0.285. The summed E-state index contributed by atoms with van der Waals surface area (Å²) < 4.78 is 48.5. The second kappa shape index (κ2) is 13.7. The number of ether oxygens (including phenoxy) is 1. The summed E-state index contributed by atoms with van der Waals surface area (Å²) in [5.74, 6) is -1.61. The van der Waals surface area contributed by atoms with E-state index in [0.717, 1.165) is 36.5 Å². The van der Waals surface area contributed by atoms with E-state index >= 15 is 0 Å². The number of allylic oxidation sites excluding steroid dienone is 2. The Morgan fingerprint density at radius 1 is 1.08 bits per heavy atom. The number of sulfonamides is 1. The number of hydrogen-bond donors (Lipinski definition) is 2. The average Bonchev–Trinajstić information content (AvgIpc) is 3.96. The number of amides is 2. The van der Waals surface area contributed by atoms with Gasteiger partial charge in [-0.15, -0.1) is 0 Å². The third kappa shape index (κ3) is 7.24. The van der Waals surface area contributed by atoms with Gasteiger partial charge >= 0.3 is 0 Å². The van der Waals surface area contributed by atoms with Crippen LogP contribution in [0.25, 0.3) is 10.8 Å². The Kier molecular flexibility index (Phi) is 9.41. The van der Waals surface area contributed by atoms with Crippen LogP contribution in [0.5, 0.6) is 5.88 Å². The molecule has 2 saturated carbocycles. The van der Waals surface area contributed by atoms with E-state index in [9.17, 15) is 27.2 Å². The zero-order valence-electron chi connectivity index (χ0n) is 29.1. The Morgan fingerprint density at radius 2 is 1.88 bits per heavy atom. The number of carbonyl (C=O) groups is 3. The summed E-state index contributed by atoms with van der Waals surface area (Å²) in [6.45, 7) is 3.51. The summed E-state index contributed by atoms with van der Waals surface area (Å²) in [6.07, 6.45) is 9.94. The Balaban J connectivity index is 1.21. The van der Waals surface area contributed by atoms with Gasteiger partial charge in [0.15, 0.2) is 5.78 Å². The van der Waals surface area contributed by atoms with E-state index in [1.165, 1.54) is 12.1 Å². The van der Waals surface area contributed by atoms with E-state index in [1.54, 1.807) is 31.0 Å². The molecule has 270 valence electrons. The summed E-state index contributed by atoms with van der Waals surface area (Å²) in [5.41, 5.74) is -0.0452. The van der Waals surface area contributed by atoms with E-state index in [-0.39, 0.29) is 37.0 Å². The maximum absolute atomic E-state index is 14.6. The number of aromatic nitrogens is 1. The topological polar surface area (TPSA) is 135 Å². The first-order chi connectivity index (χ1) is 24.4. The molecule has 2 aromatic carbocycles. The SMILES string of the molecule is Cc1cc(F)cc(N[C@H]2CCCCC/C=C\[C@@H]3C[C@@]3(C(=O)NS(=O)(=O)C3(C)CC3)CC(=O)[C@@H]3C[C@@H](Oc4nccc5ccccc45)CN3C2=O)c1. The van der Waals surface area contributed by atoms with Crippen LogP contribution in [0.4, 0.5) is 10.1 Å². The van der Waals surface area contributed by atoms with Gasteiger partial charge in [0.05, 0.1) is 22.7 Å². The van der Waals surface area contributed by atoms with Crippen LogP contribution in [-0.4, -0.2) is 65.4 Å². The lowest BCUT2D eigenvalue weighted by Gasteiger charge is -2.30. The van der Waals surface area contributed by atoms with Gasteiger partial charge in [-0.3, -0.25) is 19.1 Å². The zero-order chi connectivity index (χ0) is 36.0. The van der Waals surface area contributed by atoms with Gasteiger partial charge in [0.1, 0.15) is 18.0 Å². The molecule has 2 aliphatic heterocycles. The highest BCUT2D eigenvalue weighted by Crippen LogP contribution is 2.57. The molecular formula is C39H45FN4O6S. The number of carbonyl (C=O) groups excluding carboxylic acids is 3. The molecule has 2 N–H and O–H groups in total. The van der Waals surface area contributed by atoms with Crippen molar-refractivity contribution >= 4 is 44.1 Å². The van der Waals surface area contributed by atoms with E-state index in [2.05, 4.69) is 15.0 Å². The molecule has 12 heteroatoms. The highest BCUT2D eigenvalue weighted by molar-refractivity contribution is 7.91. The van der Waals surface area contributed by atoms with E-state index in [0.29, 0.717) is 42.8 Å². The van der Waals surface area contributed by atoms with Crippen LogP contribution in [0.15, 0.2) is 66.9 Å². The van der Waals surface area contributed by atoms with Gasteiger partial charge < -0.3 is 15.0 Å². The van der Waals surface area contributed by atoms with Crippen LogP contribution in [0, 0.1) is 24.1 Å². The molecule has 51 heavy (non-hydrogen) atoms. The predicted molar refractivity (Wildman–Crippen MR) is 192 cm³/mol. The number of hydrogen-bond acceptors (Lipinski definition) is 8. The standard InChI is InChI=1S/C39H45FN4O6S/c1-25-18-28(40)20-29(19-25)42-32-13-7-5-3-4-6-11-27-22-39(27,37(47)43-51(48,49)38(2)15-16-38)23-34(45)33-21-30(24-44(33)36(32)46)50-35-31-12-9-8-10-26(31)14-17-41-35/h6,8-12,14,17-20,27,30,32-33,42H,3-5,7,13,15-16,21-24H2,1-2H3,(H,43,47)/b11-6-/t27-,30-,32+,33+,39-/m1/s1. The molecule has 3 aromatic rings. The fourth-order valence-electron chi connectivity index (χ4n) is 7.65. The van der Waals surface area contributed by atoms with Crippen LogP contribution in [0.3, 0.4) is 0 Å². The fraction of sp³-hybridized carbons (Fsp3) is 0.487. The molecule has 0 bridgehead atoms. The van der Waals surface area contributed by atoms with E-state index in [1.807, 2.05) is 42.5 Å². The first-order valence-corrected chi connectivity index (χ1v) is 19.5. The molecule has 10 nitrogen and oxygen atoms in total. The molecule has 1 aromatic heterocycles. The van der Waals surface area contributed by atoms with Crippen molar-refractivity contribution in [1.82, 2.24) is 14.6 Å². The lowest BCUT2D eigenvalue weighted by molar-refractivity contribution is -0.139. The number of nitrogens with one attached hydrogen (secondary N) is 2. The number of fused-ring (bicyclic) bond motifs is 3. The molecular weight excluding hydrogens is 672 g/mol. The summed E-state index contributed by atoms with van der Waals surface area (Å²) in [7, 11) is -3.92. The minimum Gasteiger partial charge on any atom is -0.472 e. The number of rotatable bonds is 7. The number of ketones is 1. The number of nitrogens with zero attached hydrogens (tertiary/aromatic N) is 2. The van der Waals surface area contributed by atoms with Gasteiger partial charge in [-0.05, 0) is 99.6 Å². The van der Waals surface area contributed by atoms with Crippen LogP contribution in [0.2, 0.25) is 0 Å². The number of anilines is 1. The van der Waals surface area contributed by atoms with Crippen molar-refractivity contribution in [1.29, 1.82) is 0 Å². The fourth-order valence-corrected chi connectivity index (χ4v) is 8.99. The van der Waals surface area contributed by atoms with Gasteiger partial charge in [-0.2, -0.15) is 0 Å². The number of benzene rings is 2. The molecule has 0 unspecified atom stereocenters. The first kappa shape index (κ1) is 35.1. The number of halogens is 1. The van der Waals surface area contributed by atoms with Crippen molar-refractivity contribution < 1.29 is 31.9 Å². The molecule has 7 rings (SSSR count). The Labute approximate surface area is 298 Å². The highest BCUT2D eigenvalue weighted by Gasteiger charge is 2.62. The first-order valence-electron chi connectivity index (χ1n) is 18.0. The lowest BCUT2D eigenvalue weighted by atomic mass is 9.91. The monoisotopic (exact) mass is 716 g/mol. The zero-order valence-corrected chi connectivity index (χ0v) is 29.9. The van der Waals surface area contributed by atoms with Crippen LogP contribution < -0.4 is 14.8 Å². The summed E-state index contributed by atoms with van der Waals surface area (Å²) >= 11 is 0. The average molecular weight is 717 g/mol. The smallest absolute Gasteiger partial charge is 0.245 e. The predicted octanol–water partition coefficient (Wildman–Crippen LogP) is 6.00. The van der Waals surface area contributed by atoms with Gasteiger partial charge in [0.2, 0.25) is 27.7 Å².